The quantitative estimate of drug-likeness (QED) is 0.444. The van der Waals surface area contributed by atoms with Crippen molar-refractivity contribution < 1.29 is 17.9 Å². The van der Waals surface area contributed by atoms with Crippen LogP contribution in [0.1, 0.15) is 12.5 Å². The Morgan fingerprint density at radius 3 is 2.62 bits per heavy atom. The molecule has 0 aliphatic heterocycles. The molecule has 1 aromatic rings. The van der Waals surface area contributed by atoms with Crippen LogP contribution in [0.4, 0.5) is 13.2 Å². The average molecular weight is 318 g/mol. The first-order chi connectivity index (χ1) is 9.63. The van der Waals surface area contributed by atoms with Gasteiger partial charge in [-0.05, 0) is 19.0 Å². The second-order valence-electron chi connectivity index (χ2n) is 5.92. The standard InChI is InChI=1S/C14H21F3N2OSi/c1-5-6-13(14(15,16)17)12-9-18-19(10-12)11-20-7-8-21(2,3)4/h5,9-10H,7-8,11H2,1-4H3. The van der Waals surface area contributed by atoms with Crippen molar-refractivity contribution in [3.8, 4) is 0 Å². The molecule has 1 aromatic heterocycles. The van der Waals surface area contributed by atoms with Crippen LogP contribution in [0.3, 0.4) is 0 Å². The summed E-state index contributed by atoms with van der Waals surface area (Å²) in [7, 11) is -1.17. The van der Waals surface area contributed by atoms with Gasteiger partial charge in [0.05, 0.1) is 6.20 Å². The van der Waals surface area contributed by atoms with E-state index >= 15 is 0 Å². The maximum Gasteiger partial charge on any atom is 0.424 e. The predicted molar refractivity (Wildman–Crippen MR) is 79.6 cm³/mol. The zero-order valence-corrected chi connectivity index (χ0v) is 13.8. The molecule has 0 fully saturated rings. The molecule has 21 heavy (non-hydrogen) atoms. The van der Waals surface area contributed by atoms with Gasteiger partial charge < -0.3 is 4.74 Å². The lowest BCUT2D eigenvalue weighted by Gasteiger charge is -2.15. The number of rotatable bonds is 6. The first kappa shape index (κ1) is 17.7. The molecule has 0 unspecified atom stereocenters. The lowest BCUT2D eigenvalue weighted by Crippen LogP contribution is -2.22. The van der Waals surface area contributed by atoms with Gasteiger partial charge in [0.1, 0.15) is 12.3 Å². The van der Waals surface area contributed by atoms with Crippen LogP contribution in [0.5, 0.6) is 0 Å². The van der Waals surface area contributed by atoms with Gasteiger partial charge in [0, 0.05) is 26.4 Å². The van der Waals surface area contributed by atoms with E-state index in [-0.39, 0.29) is 12.3 Å². The highest BCUT2D eigenvalue weighted by molar-refractivity contribution is 6.76. The van der Waals surface area contributed by atoms with Crippen LogP contribution in [0.25, 0.3) is 5.57 Å². The molecule has 0 radical (unpaired) electrons. The maximum absolute atomic E-state index is 12.9. The molecule has 0 amide bonds. The Hall–Kier alpha value is -1.30. The summed E-state index contributed by atoms with van der Waals surface area (Å²) in [6, 6.07) is 1.01. The second kappa shape index (κ2) is 7.11. The summed E-state index contributed by atoms with van der Waals surface area (Å²) in [5.74, 6) is 0. The Kier molecular flexibility index (Phi) is 6.01. The number of nitrogens with zero attached hydrogens (tertiary/aromatic N) is 2. The normalized spacial score (nSPS) is 12.1. The fourth-order valence-corrected chi connectivity index (χ4v) is 2.33. The fraction of sp³-hybridized carbons (Fsp3) is 0.571. The molecule has 1 heterocycles. The highest BCUT2D eigenvalue weighted by Crippen LogP contribution is 2.32. The monoisotopic (exact) mass is 318 g/mol. The molecule has 0 N–H and O–H groups in total. The molecule has 0 aliphatic rings. The van der Waals surface area contributed by atoms with E-state index in [1.165, 1.54) is 30.1 Å². The minimum absolute atomic E-state index is 0.00519. The third-order valence-corrected chi connectivity index (χ3v) is 4.42. The molecule has 0 spiro atoms. The van der Waals surface area contributed by atoms with E-state index in [0.717, 1.165) is 6.04 Å². The van der Waals surface area contributed by atoms with Crippen LogP contribution >= 0.6 is 0 Å². The molecule has 0 bridgehead atoms. The number of ether oxygens (including phenoxy) is 1. The van der Waals surface area contributed by atoms with Crippen LogP contribution in [0, 0.1) is 0 Å². The fourth-order valence-electron chi connectivity index (χ4n) is 1.57. The van der Waals surface area contributed by atoms with E-state index < -0.39 is 19.8 Å². The van der Waals surface area contributed by atoms with Crippen molar-refractivity contribution in [2.45, 2.75) is 45.5 Å². The van der Waals surface area contributed by atoms with Gasteiger partial charge in [-0.25, -0.2) is 4.68 Å². The Morgan fingerprint density at radius 2 is 2.10 bits per heavy atom. The molecule has 118 valence electrons. The van der Waals surface area contributed by atoms with Crippen molar-refractivity contribution in [1.82, 2.24) is 9.78 Å². The number of hydrogen-bond acceptors (Lipinski definition) is 2. The summed E-state index contributed by atoms with van der Waals surface area (Å²) in [6.45, 7) is 8.96. The molecule has 3 nitrogen and oxygen atoms in total. The number of hydrogen-bond donors (Lipinski definition) is 0. The van der Waals surface area contributed by atoms with Crippen molar-refractivity contribution in [1.29, 1.82) is 0 Å². The first-order valence-electron chi connectivity index (χ1n) is 6.72. The average Bonchev–Trinajstić information content (AvgIpc) is 2.77. The van der Waals surface area contributed by atoms with Crippen LogP contribution in [0.2, 0.25) is 25.7 Å². The lowest BCUT2D eigenvalue weighted by molar-refractivity contribution is -0.0688. The molecule has 0 aliphatic carbocycles. The van der Waals surface area contributed by atoms with Gasteiger partial charge >= 0.3 is 6.18 Å². The lowest BCUT2D eigenvalue weighted by atomic mass is 10.1. The van der Waals surface area contributed by atoms with Crippen LogP contribution in [-0.4, -0.2) is 30.6 Å². The second-order valence-corrected chi connectivity index (χ2v) is 11.5. The van der Waals surface area contributed by atoms with E-state index in [1.54, 1.807) is 0 Å². The van der Waals surface area contributed by atoms with Gasteiger partial charge in [0.25, 0.3) is 0 Å². The largest absolute Gasteiger partial charge is 0.424 e. The van der Waals surface area contributed by atoms with Crippen molar-refractivity contribution in [3.05, 3.63) is 29.8 Å². The summed E-state index contributed by atoms with van der Waals surface area (Å²) in [5, 5.41) is 3.90. The van der Waals surface area contributed by atoms with E-state index in [9.17, 15) is 13.2 Å². The predicted octanol–water partition coefficient (Wildman–Crippen LogP) is 4.32. The number of allylic oxidation sites excluding steroid dienone is 1. The molecule has 0 atom stereocenters. The molecule has 0 aromatic carbocycles. The third-order valence-electron chi connectivity index (χ3n) is 2.71. The summed E-state index contributed by atoms with van der Waals surface area (Å²) < 4.78 is 45.4. The van der Waals surface area contributed by atoms with Crippen LogP contribution in [-0.2, 0) is 11.5 Å². The van der Waals surface area contributed by atoms with Gasteiger partial charge in [-0.3, -0.25) is 0 Å². The SMILES string of the molecule is CC=C=C(c1cnn(COCC[Si](C)(C)C)c1)C(F)(F)F. The van der Waals surface area contributed by atoms with E-state index in [2.05, 4.69) is 30.5 Å². The highest BCUT2D eigenvalue weighted by atomic mass is 28.3. The molecular formula is C14H21F3N2OSi. The van der Waals surface area contributed by atoms with Gasteiger partial charge in [-0.15, -0.1) is 5.73 Å². The summed E-state index contributed by atoms with van der Waals surface area (Å²) in [6.07, 6.45) is -0.696. The zero-order valence-electron chi connectivity index (χ0n) is 12.8. The number of alkyl halides is 3. The van der Waals surface area contributed by atoms with Gasteiger partial charge in [-0.1, -0.05) is 19.6 Å². The number of aromatic nitrogens is 2. The third kappa shape index (κ3) is 6.33. The Balaban J connectivity index is 2.67. The zero-order chi connectivity index (χ0) is 16.1. The molecular weight excluding hydrogens is 297 g/mol. The Labute approximate surface area is 124 Å². The van der Waals surface area contributed by atoms with Crippen molar-refractivity contribution in [2.24, 2.45) is 0 Å². The van der Waals surface area contributed by atoms with Crippen molar-refractivity contribution >= 4 is 13.6 Å². The minimum Gasteiger partial charge on any atom is -0.360 e. The minimum atomic E-state index is -4.45. The van der Waals surface area contributed by atoms with E-state index in [1.807, 2.05) is 0 Å². The van der Waals surface area contributed by atoms with Crippen molar-refractivity contribution in [3.63, 3.8) is 0 Å². The smallest absolute Gasteiger partial charge is 0.360 e. The molecule has 1 rings (SSSR count). The van der Waals surface area contributed by atoms with Gasteiger partial charge in [0.15, 0.2) is 0 Å². The van der Waals surface area contributed by atoms with E-state index in [0.29, 0.717) is 6.61 Å². The van der Waals surface area contributed by atoms with Crippen LogP contribution in [0.15, 0.2) is 24.2 Å². The summed E-state index contributed by atoms with van der Waals surface area (Å²) in [5.41, 5.74) is 1.39. The Morgan fingerprint density at radius 1 is 1.43 bits per heavy atom. The molecule has 7 heteroatoms. The Bertz CT molecular complexity index is 523. The first-order valence-corrected chi connectivity index (χ1v) is 10.4. The van der Waals surface area contributed by atoms with Crippen molar-refractivity contribution in [2.75, 3.05) is 6.61 Å². The highest BCUT2D eigenvalue weighted by Gasteiger charge is 2.35. The van der Waals surface area contributed by atoms with Gasteiger partial charge in [-0.2, -0.15) is 18.3 Å². The maximum atomic E-state index is 12.9. The molecule has 0 saturated heterocycles. The van der Waals surface area contributed by atoms with Gasteiger partial charge in [0.2, 0.25) is 0 Å². The summed E-state index contributed by atoms with van der Waals surface area (Å²) >= 11 is 0. The van der Waals surface area contributed by atoms with Crippen LogP contribution < -0.4 is 0 Å². The molecule has 0 saturated carbocycles. The topological polar surface area (TPSA) is 27.1 Å². The van der Waals surface area contributed by atoms with E-state index in [4.69, 9.17) is 4.74 Å². The number of halogens is 3. The summed E-state index contributed by atoms with van der Waals surface area (Å²) in [4.78, 5) is 0.